The summed E-state index contributed by atoms with van der Waals surface area (Å²) in [4.78, 5) is 27.3. The summed E-state index contributed by atoms with van der Waals surface area (Å²) in [5, 5.41) is 12.4. The van der Waals surface area contributed by atoms with Crippen LogP contribution in [0.2, 0.25) is 0 Å². The maximum absolute atomic E-state index is 13.5. The topological polar surface area (TPSA) is 69.6 Å². The molecule has 0 spiro atoms. The van der Waals surface area contributed by atoms with Crippen LogP contribution in [0.3, 0.4) is 0 Å². The fraction of sp³-hybridized carbons (Fsp3) is 0.235. The molecule has 0 fully saturated rings. The highest BCUT2D eigenvalue weighted by atomic mass is 32.2. The van der Waals surface area contributed by atoms with Crippen LogP contribution in [0.5, 0.6) is 0 Å². The number of para-hydroxylation sites is 1. The minimum Gasteiger partial charge on any atom is -0.480 e. The van der Waals surface area contributed by atoms with Crippen molar-refractivity contribution in [2.75, 3.05) is 16.9 Å². The number of hydrogen-bond acceptors (Lipinski definition) is 4. The molecule has 0 aromatic heterocycles. The number of benzene rings is 4. The van der Waals surface area contributed by atoms with Gasteiger partial charge in [0.1, 0.15) is 6.04 Å². The van der Waals surface area contributed by atoms with Gasteiger partial charge in [-0.2, -0.15) is 24.9 Å². The number of halogens is 3. The second-order valence-electron chi connectivity index (χ2n) is 10.2. The quantitative estimate of drug-likeness (QED) is 0.172. The van der Waals surface area contributed by atoms with Gasteiger partial charge in [-0.15, -0.1) is 0 Å². The van der Waals surface area contributed by atoms with E-state index >= 15 is 0 Å². The van der Waals surface area contributed by atoms with E-state index in [4.69, 9.17) is 0 Å². The van der Waals surface area contributed by atoms with Crippen LogP contribution >= 0.6 is 11.8 Å². The molecule has 0 heterocycles. The summed E-state index contributed by atoms with van der Waals surface area (Å²) < 4.78 is 39.4. The highest BCUT2D eigenvalue weighted by Crippen LogP contribution is 2.31. The average molecular weight is 607 g/mol. The number of carbonyl (C=O) groups excluding carboxylic acids is 1. The van der Waals surface area contributed by atoms with E-state index in [2.05, 4.69) is 10.2 Å². The highest BCUT2D eigenvalue weighted by molar-refractivity contribution is 7.98. The summed E-state index contributed by atoms with van der Waals surface area (Å²) in [6.45, 7) is 2.72. The Morgan fingerprint density at radius 1 is 0.860 bits per heavy atom. The Hall–Kier alpha value is -4.24. The molecule has 0 saturated carbocycles. The van der Waals surface area contributed by atoms with Gasteiger partial charge in [0.25, 0.3) is 5.91 Å². The third kappa shape index (κ3) is 8.41. The minimum atomic E-state index is -4.41. The van der Waals surface area contributed by atoms with Crippen LogP contribution in [0.25, 0.3) is 11.1 Å². The van der Waals surface area contributed by atoms with Crippen molar-refractivity contribution in [1.82, 2.24) is 5.32 Å². The number of carboxylic acid groups (broad SMARTS) is 1. The number of amides is 1. The molecule has 0 aliphatic rings. The molecule has 224 valence electrons. The largest absolute Gasteiger partial charge is 0.480 e. The molecule has 1 unspecified atom stereocenters. The van der Waals surface area contributed by atoms with Crippen LogP contribution in [0, 0.1) is 6.92 Å². The molecule has 5 nitrogen and oxygen atoms in total. The third-order valence-corrected chi connectivity index (χ3v) is 7.77. The van der Waals surface area contributed by atoms with E-state index in [1.807, 2.05) is 79.9 Å². The molecule has 9 heteroatoms. The summed E-state index contributed by atoms with van der Waals surface area (Å²) in [5.74, 6) is -0.962. The second kappa shape index (κ2) is 14.3. The predicted molar refractivity (Wildman–Crippen MR) is 166 cm³/mol. The van der Waals surface area contributed by atoms with E-state index in [1.54, 1.807) is 6.07 Å². The lowest BCUT2D eigenvalue weighted by atomic mass is 9.93. The average Bonchev–Trinajstić information content (AvgIpc) is 2.99. The van der Waals surface area contributed by atoms with Crippen molar-refractivity contribution in [3.8, 4) is 11.1 Å². The first-order valence-electron chi connectivity index (χ1n) is 13.7. The lowest BCUT2D eigenvalue weighted by Crippen LogP contribution is -2.41. The summed E-state index contributed by atoms with van der Waals surface area (Å²) in [7, 11) is 0. The predicted octanol–water partition coefficient (Wildman–Crippen LogP) is 7.82. The molecule has 4 aromatic rings. The number of carboxylic acids is 1. The van der Waals surface area contributed by atoms with Crippen LogP contribution in [0.1, 0.15) is 39.0 Å². The number of aliphatic carboxylic acids is 1. The number of alkyl halides is 3. The van der Waals surface area contributed by atoms with Crippen LogP contribution in [0.15, 0.2) is 97.1 Å². The van der Waals surface area contributed by atoms with Gasteiger partial charge in [0.15, 0.2) is 0 Å². The second-order valence-corrected chi connectivity index (χ2v) is 11.2. The van der Waals surface area contributed by atoms with Crippen molar-refractivity contribution in [3.63, 3.8) is 0 Å². The van der Waals surface area contributed by atoms with Gasteiger partial charge in [0, 0.05) is 24.3 Å². The number of carbonyl (C=O) groups is 2. The van der Waals surface area contributed by atoms with E-state index in [1.165, 1.54) is 23.9 Å². The molecule has 43 heavy (non-hydrogen) atoms. The van der Waals surface area contributed by atoms with Gasteiger partial charge in [0.2, 0.25) is 0 Å². The van der Waals surface area contributed by atoms with Crippen molar-refractivity contribution in [2.24, 2.45) is 0 Å². The smallest absolute Gasteiger partial charge is 0.416 e. The Labute approximate surface area is 253 Å². The maximum atomic E-state index is 13.5. The molecule has 1 amide bonds. The molecule has 0 bridgehead atoms. The first kappa shape index (κ1) is 31.7. The van der Waals surface area contributed by atoms with Gasteiger partial charge >= 0.3 is 12.1 Å². The Kier molecular flexibility index (Phi) is 10.5. The normalized spacial score (nSPS) is 12.0. The van der Waals surface area contributed by atoms with E-state index < -0.39 is 29.7 Å². The molecule has 0 aliphatic heterocycles. The fourth-order valence-corrected chi connectivity index (χ4v) is 5.30. The van der Waals surface area contributed by atoms with E-state index in [9.17, 15) is 27.9 Å². The number of nitrogens with zero attached hydrogens (tertiary/aromatic N) is 1. The zero-order valence-electron chi connectivity index (χ0n) is 23.9. The van der Waals surface area contributed by atoms with Crippen molar-refractivity contribution >= 4 is 29.3 Å². The number of nitrogens with one attached hydrogen (secondary N) is 1. The molecular weight excluding hydrogens is 573 g/mol. The summed E-state index contributed by atoms with van der Waals surface area (Å²) in [5.41, 5.74) is 4.62. The first-order valence-corrected chi connectivity index (χ1v) is 15.1. The van der Waals surface area contributed by atoms with Crippen molar-refractivity contribution in [2.45, 2.75) is 38.7 Å². The summed E-state index contributed by atoms with van der Waals surface area (Å²) >= 11 is 1.51. The van der Waals surface area contributed by atoms with Gasteiger partial charge in [-0.25, -0.2) is 4.79 Å². The van der Waals surface area contributed by atoms with Gasteiger partial charge < -0.3 is 15.3 Å². The number of anilines is 1. The van der Waals surface area contributed by atoms with E-state index in [0.717, 1.165) is 40.1 Å². The molecule has 0 saturated heterocycles. The van der Waals surface area contributed by atoms with E-state index in [0.29, 0.717) is 36.4 Å². The van der Waals surface area contributed by atoms with Crippen molar-refractivity contribution in [1.29, 1.82) is 0 Å². The van der Waals surface area contributed by atoms with Gasteiger partial charge in [0.05, 0.1) is 5.56 Å². The third-order valence-electron chi connectivity index (χ3n) is 7.13. The van der Waals surface area contributed by atoms with E-state index in [-0.39, 0.29) is 0 Å². The Balaban J connectivity index is 1.69. The number of rotatable bonds is 12. The maximum Gasteiger partial charge on any atom is 0.416 e. The molecule has 0 radical (unpaired) electrons. The van der Waals surface area contributed by atoms with Crippen molar-refractivity contribution in [3.05, 3.63) is 125 Å². The Bertz CT molecular complexity index is 1540. The lowest BCUT2D eigenvalue weighted by molar-refractivity contribution is -0.139. The Morgan fingerprint density at radius 3 is 2.12 bits per heavy atom. The zero-order valence-corrected chi connectivity index (χ0v) is 24.7. The first-order chi connectivity index (χ1) is 20.6. The summed E-state index contributed by atoms with van der Waals surface area (Å²) in [6.07, 6.45) is -2.22. The number of aryl methyl sites for hydroxylation is 1. The molecule has 2 N–H and O–H groups in total. The van der Waals surface area contributed by atoms with Crippen LogP contribution in [-0.4, -0.2) is 35.0 Å². The lowest BCUT2D eigenvalue weighted by Gasteiger charge is -2.26. The molecule has 1 atom stereocenters. The SMILES string of the molecule is CSCCC(NC(=O)c1ccc(CN(Cc2ccc(C(F)(F)F)cc2)c2ccccc2)cc1-c1ccccc1C)C(=O)O. The standard InChI is InChI=1S/C34H33F3N2O3S/c1-23-8-6-7-11-28(23)30-20-25(14-17-29(30)32(40)38-31(33(41)42)18-19-43-2)22-39(27-9-4-3-5-10-27)21-24-12-15-26(16-13-24)34(35,36)37/h3-17,20,31H,18-19,21-22H2,1-2H3,(H,38,40)(H,41,42). The minimum absolute atomic E-state index is 0.302. The zero-order chi connectivity index (χ0) is 31.0. The molecule has 4 rings (SSSR count). The van der Waals surface area contributed by atoms with Crippen molar-refractivity contribution < 1.29 is 27.9 Å². The molecular formula is C34H33F3N2O3S. The van der Waals surface area contributed by atoms with Gasteiger partial charge in [-0.3, -0.25) is 4.79 Å². The van der Waals surface area contributed by atoms with Gasteiger partial charge in [-0.1, -0.05) is 60.7 Å². The summed E-state index contributed by atoms with van der Waals surface area (Å²) in [6, 6.07) is 26.8. The molecule has 4 aromatic carbocycles. The number of hydrogen-bond donors (Lipinski definition) is 2. The van der Waals surface area contributed by atoms with Crippen LogP contribution in [-0.2, 0) is 24.1 Å². The van der Waals surface area contributed by atoms with Gasteiger partial charge in [-0.05, 0) is 89.6 Å². The van der Waals surface area contributed by atoms with Crippen LogP contribution in [0.4, 0.5) is 18.9 Å². The Morgan fingerprint density at radius 2 is 1.49 bits per heavy atom. The highest BCUT2D eigenvalue weighted by Gasteiger charge is 2.30. The fourth-order valence-electron chi connectivity index (χ4n) is 4.83. The monoisotopic (exact) mass is 606 g/mol. The molecule has 0 aliphatic carbocycles. The van der Waals surface area contributed by atoms with Crippen LogP contribution < -0.4 is 10.2 Å². The number of thioether (sulfide) groups is 1.